The van der Waals surface area contributed by atoms with Gasteiger partial charge in [0.2, 0.25) is 0 Å². The summed E-state index contributed by atoms with van der Waals surface area (Å²) in [6.07, 6.45) is 0.682. The predicted octanol–water partition coefficient (Wildman–Crippen LogP) is 3.16. The Kier molecular flexibility index (Phi) is 5.99. The largest absolute Gasteiger partial charge is 0.618 e. The second-order valence-corrected chi connectivity index (χ2v) is 6.10. The second kappa shape index (κ2) is 7.75. The number of hydrogen-bond donors (Lipinski definition) is 1. The van der Waals surface area contributed by atoms with Gasteiger partial charge in [-0.1, -0.05) is 35.0 Å². The maximum absolute atomic E-state index is 11.4. The predicted molar refractivity (Wildman–Crippen MR) is 84.1 cm³/mol. The topological polar surface area (TPSA) is 56.4 Å². The molecule has 0 bridgehead atoms. The number of benzene rings is 1. The minimum Gasteiger partial charge on any atom is -0.618 e. The first-order valence-electron chi connectivity index (χ1n) is 6.13. The highest BCUT2D eigenvalue weighted by Gasteiger charge is 2.12. The zero-order chi connectivity index (χ0) is 15.2. The van der Waals surface area contributed by atoms with Crippen LogP contribution in [0.25, 0.3) is 0 Å². The van der Waals surface area contributed by atoms with E-state index in [0.29, 0.717) is 26.6 Å². The molecule has 4 nitrogen and oxygen atoms in total. The first-order chi connectivity index (χ1) is 10.1. The number of aliphatic hydroxyl groups excluding tert-OH is 1. The smallest absolute Gasteiger partial charge is 0.251 e. The summed E-state index contributed by atoms with van der Waals surface area (Å²) in [5, 5.41) is 22.8. The Morgan fingerprint density at radius 1 is 1.29 bits per heavy atom. The lowest BCUT2D eigenvalue weighted by Crippen LogP contribution is -2.29. The van der Waals surface area contributed by atoms with Gasteiger partial charge < -0.3 is 15.1 Å². The van der Waals surface area contributed by atoms with Crippen molar-refractivity contribution in [2.24, 2.45) is 0 Å². The molecule has 1 atom stereocenters. The average molecular weight is 346 g/mol. The van der Waals surface area contributed by atoms with Gasteiger partial charge in [-0.25, -0.2) is 0 Å². The molecule has 1 aromatic carbocycles. The number of hydrogen-bond acceptors (Lipinski definition) is 4. The van der Waals surface area contributed by atoms with Crippen LogP contribution in [-0.4, -0.2) is 23.6 Å². The lowest BCUT2D eigenvalue weighted by molar-refractivity contribution is -0.645. The van der Waals surface area contributed by atoms with E-state index < -0.39 is 6.10 Å². The van der Waals surface area contributed by atoms with Crippen LogP contribution in [0.5, 0.6) is 5.75 Å². The van der Waals surface area contributed by atoms with Crippen LogP contribution in [0.2, 0.25) is 10.0 Å². The van der Waals surface area contributed by atoms with Crippen molar-refractivity contribution in [3.05, 3.63) is 57.8 Å². The fourth-order valence-corrected chi connectivity index (χ4v) is 2.68. The monoisotopic (exact) mass is 345 g/mol. The molecule has 7 heteroatoms. The number of ether oxygens (including phenoxy) is 1. The summed E-state index contributed by atoms with van der Waals surface area (Å²) in [6, 6.07) is 9.99. The maximum Gasteiger partial charge on any atom is 0.251 e. The molecule has 0 saturated heterocycles. The fraction of sp³-hybridized carbons (Fsp3) is 0.214. The summed E-state index contributed by atoms with van der Waals surface area (Å²) in [7, 11) is 0. The van der Waals surface area contributed by atoms with Crippen molar-refractivity contribution in [1.29, 1.82) is 0 Å². The van der Waals surface area contributed by atoms with E-state index in [-0.39, 0.29) is 6.61 Å². The van der Waals surface area contributed by atoms with Crippen LogP contribution in [0.15, 0.2) is 47.6 Å². The van der Waals surface area contributed by atoms with Gasteiger partial charge in [0.1, 0.15) is 12.4 Å². The Bertz CT molecular complexity index is 613. The van der Waals surface area contributed by atoms with Crippen molar-refractivity contribution in [3.8, 4) is 5.75 Å². The molecule has 0 saturated carbocycles. The molecular formula is C14H13Cl2NO3S. The SMILES string of the molecule is [O-][n+]1ccccc1SCC(O)COc1cc(Cl)ccc1Cl. The van der Waals surface area contributed by atoms with Gasteiger partial charge in [0.15, 0.2) is 6.20 Å². The molecule has 0 fully saturated rings. The van der Waals surface area contributed by atoms with Crippen molar-refractivity contribution in [1.82, 2.24) is 0 Å². The van der Waals surface area contributed by atoms with Gasteiger partial charge in [-0.2, -0.15) is 4.73 Å². The summed E-state index contributed by atoms with van der Waals surface area (Å²) in [5.74, 6) is 0.761. The molecule has 0 radical (unpaired) electrons. The second-order valence-electron chi connectivity index (χ2n) is 4.22. The summed E-state index contributed by atoms with van der Waals surface area (Å²) in [5.41, 5.74) is 0. The minimum absolute atomic E-state index is 0.0682. The molecule has 0 spiro atoms. The molecule has 2 aromatic rings. The van der Waals surface area contributed by atoms with Crippen molar-refractivity contribution < 1.29 is 14.6 Å². The fourth-order valence-electron chi connectivity index (χ4n) is 1.53. The van der Waals surface area contributed by atoms with Crippen molar-refractivity contribution in [2.75, 3.05) is 12.4 Å². The van der Waals surface area contributed by atoms with Gasteiger partial charge in [-0.3, -0.25) is 0 Å². The van der Waals surface area contributed by atoms with Crippen LogP contribution in [0, 0.1) is 5.21 Å². The third-order valence-corrected chi connectivity index (χ3v) is 4.25. The summed E-state index contributed by atoms with van der Waals surface area (Å²) in [6.45, 7) is 0.0682. The Hall–Kier alpha value is -1.14. The van der Waals surface area contributed by atoms with Crippen LogP contribution in [0.3, 0.4) is 0 Å². The summed E-state index contributed by atoms with van der Waals surface area (Å²) >= 11 is 13.1. The molecule has 0 amide bonds. The number of rotatable bonds is 6. The van der Waals surface area contributed by atoms with E-state index in [0.717, 1.165) is 4.73 Å². The van der Waals surface area contributed by atoms with E-state index in [1.54, 1.807) is 36.4 Å². The van der Waals surface area contributed by atoms with Gasteiger partial charge in [0, 0.05) is 29.0 Å². The van der Waals surface area contributed by atoms with E-state index in [9.17, 15) is 10.3 Å². The van der Waals surface area contributed by atoms with E-state index in [4.69, 9.17) is 27.9 Å². The van der Waals surface area contributed by atoms with E-state index in [1.165, 1.54) is 18.0 Å². The molecule has 1 unspecified atom stereocenters. The molecule has 21 heavy (non-hydrogen) atoms. The van der Waals surface area contributed by atoms with Crippen molar-refractivity contribution >= 4 is 35.0 Å². The standard InChI is InChI=1S/C14H13Cl2NO3S/c15-10-4-5-12(16)13(7-10)20-8-11(18)9-21-14-3-1-2-6-17(14)19/h1-7,11,18H,8-9H2. The molecule has 1 heterocycles. The summed E-state index contributed by atoms with van der Waals surface area (Å²) < 4.78 is 6.19. The van der Waals surface area contributed by atoms with Gasteiger partial charge in [0.05, 0.1) is 11.1 Å². The Labute approximate surface area is 136 Å². The molecule has 1 aromatic heterocycles. The molecule has 0 aliphatic heterocycles. The van der Waals surface area contributed by atoms with Gasteiger partial charge in [0.25, 0.3) is 5.03 Å². The number of aromatic nitrogens is 1. The normalized spacial score (nSPS) is 12.1. The van der Waals surface area contributed by atoms with E-state index >= 15 is 0 Å². The van der Waals surface area contributed by atoms with Crippen LogP contribution >= 0.6 is 35.0 Å². The highest BCUT2D eigenvalue weighted by molar-refractivity contribution is 7.99. The Morgan fingerprint density at radius 2 is 2.10 bits per heavy atom. The third-order valence-electron chi connectivity index (χ3n) is 2.54. The number of thioether (sulfide) groups is 1. The van der Waals surface area contributed by atoms with Crippen molar-refractivity contribution in [3.63, 3.8) is 0 Å². The molecule has 112 valence electrons. The van der Waals surface area contributed by atoms with Crippen LogP contribution < -0.4 is 9.47 Å². The Morgan fingerprint density at radius 3 is 2.86 bits per heavy atom. The van der Waals surface area contributed by atoms with E-state index in [1.807, 2.05) is 0 Å². The number of aliphatic hydroxyl groups is 1. The average Bonchev–Trinajstić information content (AvgIpc) is 2.47. The first kappa shape index (κ1) is 16.2. The van der Waals surface area contributed by atoms with Crippen molar-refractivity contribution in [2.45, 2.75) is 11.1 Å². The molecule has 0 aliphatic rings. The van der Waals surface area contributed by atoms with Crippen LogP contribution in [0.4, 0.5) is 0 Å². The quantitative estimate of drug-likeness (QED) is 0.496. The zero-order valence-electron chi connectivity index (χ0n) is 10.9. The van der Waals surface area contributed by atoms with Gasteiger partial charge in [-0.15, -0.1) is 0 Å². The lowest BCUT2D eigenvalue weighted by atomic mass is 10.3. The Balaban J connectivity index is 1.84. The third kappa shape index (κ3) is 4.97. The van der Waals surface area contributed by atoms with Gasteiger partial charge >= 0.3 is 0 Å². The minimum atomic E-state index is -0.731. The lowest BCUT2D eigenvalue weighted by Gasteiger charge is -2.13. The number of halogens is 2. The highest BCUT2D eigenvalue weighted by Crippen LogP contribution is 2.28. The summed E-state index contributed by atoms with van der Waals surface area (Å²) in [4.78, 5) is 0. The molecular weight excluding hydrogens is 333 g/mol. The van der Waals surface area contributed by atoms with E-state index in [2.05, 4.69) is 0 Å². The molecule has 0 aliphatic carbocycles. The van der Waals surface area contributed by atoms with Gasteiger partial charge in [-0.05, 0) is 18.2 Å². The molecule has 1 N–H and O–H groups in total. The maximum atomic E-state index is 11.4. The zero-order valence-corrected chi connectivity index (χ0v) is 13.2. The van der Waals surface area contributed by atoms with Crippen LogP contribution in [-0.2, 0) is 0 Å². The first-order valence-corrected chi connectivity index (χ1v) is 7.87. The molecule has 2 rings (SSSR count). The number of nitrogens with zero attached hydrogens (tertiary/aromatic N) is 1. The van der Waals surface area contributed by atoms with Crippen LogP contribution in [0.1, 0.15) is 0 Å². The number of pyridine rings is 1. The highest BCUT2D eigenvalue weighted by atomic mass is 35.5.